The number of carbonyl (C=O) groups is 1. The maximum absolute atomic E-state index is 11.6. The number of amides is 1. The van der Waals surface area contributed by atoms with Crippen LogP contribution in [0.15, 0.2) is 24.3 Å². The fourth-order valence-corrected chi connectivity index (χ4v) is 3.68. The average Bonchev–Trinajstić information content (AvgIpc) is 3.05. The van der Waals surface area contributed by atoms with Crippen molar-refractivity contribution in [2.24, 2.45) is 5.73 Å². The van der Waals surface area contributed by atoms with Crippen molar-refractivity contribution in [1.29, 1.82) is 0 Å². The summed E-state index contributed by atoms with van der Waals surface area (Å²) < 4.78 is 7.08. The summed E-state index contributed by atoms with van der Waals surface area (Å²) in [5, 5.41) is 3.38. The standard InChI is InChI=1S/C17H20N4O2S/c1-10-5-4-6-12(9-10)13-16(19-7-8-23-3)21-11(2)14(15(18)22)24-17(21)20-13/h4-6,9,19H,7-8H2,1-3H3,(H2,18,22). The number of rotatable bonds is 6. The molecule has 2 aromatic heterocycles. The van der Waals surface area contributed by atoms with E-state index < -0.39 is 5.91 Å². The van der Waals surface area contributed by atoms with Gasteiger partial charge in [0.1, 0.15) is 16.4 Å². The van der Waals surface area contributed by atoms with Gasteiger partial charge in [0.2, 0.25) is 0 Å². The molecule has 1 amide bonds. The first-order valence-electron chi connectivity index (χ1n) is 7.64. The molecule has 3 rings (SSSR count). The van der Waals surface area contributed by atoms with Gasteiger partial charge in [0.05, 0.1) is 6.61 Å². The Morgan fingerprint density at radius 2 is 2.21 bits per heavy atom. The van der Waals surface area contributed by atoms with Gasteiger partial charge in [0.15, 0.2) is 4.96 Å². The average molecular weight is 344 g/mol. The summed E-state index contributed by atoms with van der Waals surface area (Å²) in [6.07, 6.45) is 0. The quantitative estimate of drug-likeness (QED) is 0.674. The third-order valence-electron chi connectivity index (χ3n) is 3.82. The molecule has 24 heavy (non-hydrogen) atoms. The molecular weight excluding hydrogens is 324 g/mol. The molecule has 0 bridgehead atoms. The summed E-state index contributed by atoms with van der Waals surface area (Å²) in [7, 11) is 1.66. The fourth-order valence-electron chi connectivity index (χ4n) is 2.70. The number of hydrogen-bond acceptors (Lipinski definition) is 5. The van der Waals surface area contributed by atoms with Crippen molar-refractivity contribution in [3.05, 3.63) is 40.4 Å². The highest BCUT2D eigenvalue weighted by Crippen LogP contribution is 2.34. The minimum Gasteiger partial charge on any atom is -0.383 e. The van der Waals surface area contributed by atoms with E-state index in [0.717, 1.165) is 27.7 Å². The fraction of sp³-hybridized carbons (Fsp3) is 0.294. The molecule has 3 N–H and O–H groups in total. The van der Waals surface area contributed by atoms with E-state index in [2.05, 4.69) is 24.4 Å². The Morgan fingerprint density at radius 3 is 2.88 bits per heavy atom. The Labute approximate surface area is 144 Å². The first kappa shape index (κ1) is 16.5. The normalized spacial score (nSPS) is 11.1. The predicted octanol–water partition coefficient (Wildman–Crippen LogP) is 2.84. The molecule has 0 aliphatic rings. The van der Waals surface area contributed by atoms with E-state index in [4.69, 9.17) is 15.5 Å². The number of thiazole rings is 1. The molecule has 126 valence electrons. The number of ether oxygens (including phenoxy) is 1. The molecule has 6 nitrogen and oxygen atoms in total. The van der Waals surface area contributed by atoms with E-state index in [9.17, 15) is 4.79 Å². The number of benzene rings is 1. The second-order valence-electron chi connectivity index (χ2n) is 5.60. The van der Waals surface area contributed by atoms with Crippen LogP contribution in [-0.2, 0) is 4.74 Å². The van der Waals surface area contributed by atoms with Crippen molar-refractivity contribution in [3.63, 3.8) is 0 Å². The zero-order valence-electron chi connectivity index (χ0n) is 13.9. The summed E-state index contributed by atoms with van der Waals surface area (Å²) in [4.78, 5) is 17.6. The first-order chi connectivity index (χ1) is 11.5. The lowest BCUT2D eigenvalue weighted by Crippen LogP contribution is -2.13. The second-order valence-corrected chi connectivity index (χ2v) is 6.57. The lowest BCUT2D eigenvalue weighted by molar-refractivity contribution is 0.100. The van der Waals surface area contributed by atoms with E-state index >= 15 is 0 Å². The second kappa shape index (κ2) is 6.62. The smallest absolute Gasteiger partial charge is 0.260 e. The van der Waals surface area contributed by atoms with Crippen LogP contribution in [0.3, 0.4) is 0 Å². The molecular formula is C17H20N4O2S. The lowest BCUT2D eigenvalue weighted by atomic mass is 10.1. The number of nitrogens with one attached hydrogen (secondary N) is 1. The summed E-state index contributed by atoms with van der Waals surface area (Å²) >= 11 is 1.31. The van der Waals surface area contributed by atoms with Crippen molar-refractivity contribution < 1.29 is 9.53 Å². The number of primary amides is 1. The molecule has 3 aromatic rings. The molecule has 7 heteroatoms. The number of carbonyl (C=O) groups excluding carboxylic acids is 1. The van der Waals surface area contributed by atoms with E-state index in [1.165, 1.54) is 16.9 Å². The van der Waals surface area contributed by atoms with Gasteiger partial charge in [-0.2, -0.15) is 0 Å². The minimum absolute atomic E-state index is 0.428. The number of anilines is 1. The van der Waals surface area contributed by atoms with Gasteiger partial charge in [-0.15, -0.1) is 0 Å². The van der Waals surface area contributed by atoms with E-state index in [1.807, 2.05) is 23.5 Å². The van der Waals surface area contributed by atoms with Crippen LogP contribution in [0.5, 0.6) is 0 Å². The molecule has 0 aliphatic heterocycles. The van der Waals surface area contributed by atoms with Crippen molar-refractivity contribution in [2.45, 2.75) is 13.8 Å². The number of aromatic nitrogens is 2. The van der Waals surface area contributed by atoms with Gasteiger partial charge in [-0.1, -0.05) is 35.1 Å². The molecule has 0 saturated carbocycles. The third kappa shape index (κ3) is 2.88. The van der Waals surface area contributed by atoms with Gasteiger partial charge >= 0.3 is 0 Å². The van der Waals surface area contributed by atoms with Gasteiger partial charge in [-0.3, -0.25) is 9.20 Å². The van der Waals surface area contributed by atoms with Gasteiger partial charge in [0.25, 0.3) is 5.91 Å². The topological polar surface area (TPSA) is 81.7 Å². The molecule has 2 heterocycles. The third-order valence-corrected chi connectivity index (χ3v) is 4.98. The summed E-state index contributed by atoms with van der Waals surface area (Å²) in [6, 6.07) is 8.19. The highest BCUT2D eigenvalue weighted by atomic mass is 32.1. The number of methoxy groups -OCH3 is 1. The SMILES string of the molecule is COCCNc1c(-c2cccc(C)c2)nc2sc(C(N)=O)c(C)n12. The summed E-state index contributed by atoms with van der Waals surface area (Å²) in [5.41, 5.74) is 9.33. The number of hydrogen-bond donors (Lipinski definition) is 2. The molecule has 0 atom stereocenters. The number of nitrogens with two attached hydrogens (primary N) is 1. The maximum Gasteiger partial charge on any atom is 0.260 e. The van der Waals surface area contributed by atoms with Crippen LogP contribution in [0.4, 0.5) is 5.82 Å². The Hall–Kier alpha value is -2.38. The molecule has 0 fully saturated rings. The lowest BCUT2D eigenvalue weighted by Gasteiger charge is -2.09. The Bertz CT molecular complexity index is 898. The number of fused-ring (bicyclic) bond motifs is 1. The molecule has 0 aliphatic carbocycles. The largest absolute Gasteiger partial charge is 0.383 e. The van der Waals surface area contributed by atoms with Crippen LogP contribution in [0.1, 0.15) is 20.9 Å². The Morgan fingerprint density at radius 1 is 1.42 bits per heavy atom. The Kier molecular flexibility index (Phi) is 4.55. The van der Waals surface area contributed by atoms with E-state index in [-0.39, 0.29) is 0 Å². The highest BCUT2D eigenvalue weighted by molar-refractivity contribution is 7.19. The number of nitrogens with zero attached hydrogens (tertiary/aromatic N) is 2. The molecule has 0 saturated heterocycles. The van der Waals surface area contributed by atoms with Gasteiger partial charge in [-0.25, -0.2) is 4.98 Å². The van der Waals surface area contributed by atoms with Gasteiger partial charge in [-0.05, 0) is 19.9 Å². The number of aryl methyl sites for hydroxylation is 2. The summed E-state index contributed by atoms with van der Waals surface area (Å²) in [6.45, 7) is 5.15. The van der Waals surface area contributed by atoms with Crippen LogP contribution < -0.4 is 11.1 Å². The maximum atomic E-state index is 11.6. The first-order valence-corrected chi connectivity index (χ1v) is 8.46. The van der Waals surface area contributed by atoms with E-state index in [1.54, 1.807) is 7.11 Å². The van der Waals surface area contributed by atoms with Crippen LogP contribution >= 0.6 is 11.3 Å². The molecule has 0 unspecified atom stereocenters. The highest BCUT2D eigenvalue weighted by Gasteiger charge is 2.21. The predicted molar refractivity (Wildman–Crippen MR) is 96.9 cm³/mol. The van der Waals surface area contributed by atoms with Crippen LogP contribution in [0, 0.1) is 13.8 Å². The van der Waals surface area contributed by atoms with Gasteiger partial charge < -0.3 is 15.8 Å². The van der Waals surface area contributed by atoms with Gasteiger partial charge in [0, 0.05) is 24.9 Å². The monoisotopic (exact) mass is 344 g/mol. The molecule has 0 radical (unpaired) electrons. The van der Waals surface area contributed by atoms with Crippen molar-refractivity contribution in [3.8, 4) is 11.3 Å². The zero-order valence-corrected chi connectivity index (χ0v) is 14.7. The minimum atomic E-state index is -0.428. The van der Waals surface area contributed by atoms with Crippen LogP contribution in [-0.4, -0.2) is 35.6 Å². The molecule has 1 aromatic carbocycles. The Balaban J connectivity index is 2.17. The van der Waals surface area contributed by atoms with Crippen molar-refractivity contribution in [2.75, 3.05) is 25.6 Å². The summed E-state index contributed by atoms with van der Waals surface area (Å²) in [5.74, 6) is 0.428. The van der Waals surface area contributed by atoms with E-state index in [0.29, 0.717) is 18.0 Å². The van der Waals surface area contributed by atoms with Crippen molar-refractivity contribution >= 4 is 28.0 Å². The van der Waals surface area contributed by atoms with Crippen LogP contribution in [0.25, 0.3) is 16.2 Å². The molecule has 0 spiro atoms. The van der Waals surface area contributed by atoms with Crippen LogP contribution in [0.2, 0.25) is 0 Å². The number of imidazole rings is 1. The van der Waals surface area contributed by atoms with Crippen molar-refractivity contribution in [1.82, 2.24) is 9.38 Å². The zero-order chi connectivity index (χ0) is 17.3.